The Labute approximate surface area is 150 Å². The summed E-state index contributed by atoms with van der Waals surface area (Å²) in [6, 6.07) is 18.4. The van der Waals surface area contributed by atoms with Gasteiger partial charge in [0, 0.05) is 12.6 Å². The molecule has 0 radical (unpaired) electrons. The number of benzene rings is 2. The van der Waals surface area contributed by atoms with Gasteiger partial charge >= 0.3 is 0 Å². The van der Waals surface area contributed by atoms with Crippen LogP contribution in [0, 0.1) is 6.92 Å². The molecule has 1 aliphatic heterocycles. The van der Waals surface area contributed by atoms with Gasteiger partial charge < -0.3 is 5.73 Å². The lowest BCUT2D eigenvalue weighted by Crippen LogP contribution is -2.46. The van der Waals surface area contributed by atoms with E-state index in [9.17, 15) is 4.79 Å². The Morgan fingerprint density at radius 1 is 1.16 bits per heavy atom. The number of nitrogens with zero attached hydrogens (tertiary/aromatic N) is 1. The van der Waals surface area contributed by atoms with Crippen LogP contribution < -0.4 is 11.1 Å². The quantitative estimate of drug-likeness (QED) is 0.852. The third-order valence-electron chi connectivity index (χ3n) is 4.90. The molecule has 3 rings (SSSR count). The second-order valence-electron chi connectivity index (χ2n) is 6.95. The summed E-state index contributed by atoms with van der Waals surface area (Å²) in [5, 5.41) is 3.46. The molecule has 1 heterocycles. The fraction of sp³-hybridized carbons (Fsp3) is 0.381. The first-order chi connectivity index (χ1) is 12.1. The van der Waals surface area contributed by atoms with E-state index in [1.165, 1.54) is 11.1 Å². The maximum atomic E-state index is 11.9. The molecule has 0 saturated carbocycles. The number of amides is 1. The van der Waals surface area contributed by atoms with Crippen LogP contribution in [0.4, 0.5) is 0 Å². The van der Waals surface area contributed by atoms with E-state index in [2.05, 4.69) is 41.4 Å². The highest BCUT2D eigenvalue weighted by atomic mass is 16.1. The molecule has 0 bridgehead atoms. The summed E-state index contributed by atoms with van der Waals surface area (Å²) in [6.07, 6.45) is 2.06. The van der Waals surface area contributed by atoms with Gasteiger partial charge in [-0.05, 0) is 44.0 Å². The first kappa shape index (κ1) is 17.6. The van der Waals surface area contributed by atoms with E-state index in [4.69, 9.17) is 5.73 Å². The lowest BCUT2D eigenvalue weighted by Gasteiger charge is -2.34. The zero-order chi connectivity index (χ0) is 17.6. The van der Waals surface area contributed by atoms with Gasteiger partial charge in [-0.3, -0.25) is 15.0 Å². The first-order valence-corrected chi connectivity index (χ1v) is 9.00. The smallest absolute Gasteiger partial charge is 0.239 e. The van der Waals surface area contributed by atoms with Gasteiger partial charge in [0.25, 0.3) is 0 Å². The van der Waals surface area contributed by atoms with Gasteiger partial charge in [-0.1, -0.05) is 60.2 Å². The number of hydrogen-bond donors (Lipinski definition) is 2. The van der Waals surface area contributed by atoms with Crippen LogP contribution in [0.5, 0.6) is 0 Å². The van der Waals surface area contributed by atoms with Crippen molar-refractivity contribution < 1.29 is 4.79 Å². The van der Waals surface area contributed by atoms with Crippen LogP contribution in [0.1, 0.15) is 35.6 Å². The van der Waals surface area contributed by atoms with Crippen molar-refractivity contribution in [1.29, 1.82) is 0 Å². The zero-order valence-electron chi connectivity index (χ0n) is 14.8. The summed E-state index contributed by atoms with van der Waals surface area (Å²) >= 11 is 0. The van der Waals surface area contributed by atoms with E-state index in [0.29, 0.717) is 6.04 Å². The summed E-state index contributed by atoms with van der Waals surface area (Å²) in [5.74, 6) is -0.312. The molecule has 0 spiro atoms. The molecule has 0 aliphatic carbocycles. The minimum atomic E-state index is -0.408. The van der Waals surface area contributed by atoms with Crippen molar-refractivity contribution in [3.63, 3.8) is 0 Å². The van der Waals surface area contributed by atoms with E-state index in [-0.39, 0.29) is 5.91 Å². The van der Waals surface area contributed by atoms with E-state index >= 15 is 0 Å². The molecule has 0 unspecified atom stereocenters. The van der Waals surface area contributed by atoms with Gasteiger partial charge in [-0.2, -0.15) is 0 Å². The van der Waals surface area contributed by atoms with Crippen LogP contribution in [0.25, 0.3) is 0 Å². The van der Waals surface area contributed by atoms with E-state index in [1.807, 2.05) is 30.3 Å². The normalized spacial score (nSPS) is 17.3. The number of carbonyl (C=O) groups is 1. The molecule has 25 heavy (non-hydrogen) atoms. The Morgan fingerprint density at radius 2 is 1.88 bits per heavy atom. The first-order valence-electron chi connectivity index (χ1n) is 9.00. The predicted octanol–water partition coefficient (Wildman–Crippen LogP) is 2.78. The highest BCUT2D eigenvalue weighted by molar-refractivity contribution is 5.81. The molecular formula is C21H27N3O. The molecule has 1 saturated heterocycles. The van der Waals surface area contributed by atoms with Crippen molar-refractivity contribution in [2.24, 2.45) is 5.73 Å². The molecule has 1 amide bonds. The summed E-state index contributed by atoms with van der Waals surface area (Å²) in [5.41, 5.74) is 9.23. The highest BCUT2D eigenvalue weighted by Crippen LogP contribution is 2.19. The Kier molecular flexibility index (Phi) is 5.84. The molecule has 2 aromatic rings. The maximum Gasteiger partial charge on any atom is 0.239 e. The number of carbonyl (C=O) groups excluding carboxylic acids is 1. The third kappa shape index (κ3) is 4.91. The number of primary amides is 1. The van der Waals surface area contributed by atoms with Crippen LogP contribution in [0.3, 0.4) is 0 Å². The number of aryl methyl sites for hydroxylation is 1. The monoisotopic (exact) mass is 337 g/mol. The van der Waals surface area contributed by atoms with Crippen molar-refractivity contribution in [2.45, 2.75) is 38.4 Å². The summed E-state index contributed by atoms with van der Waals surface area (Å²) in [6.45, 7) is 5.19. The van der Waals surface area contributed by atoms with Crippen LogP contribution in [-0.2, 0) is 11.3 Å². The minimum Gasteiger partial charge on any atom is -0.368 e. The summed E-state index contributed by atoms with van der Waals surface area (Å²) in [4.78, 5) is 14.3. The number of likely N-dealkylation sites (tertiary alicyclic amines) is 1. The molecule has 4 nitrogen and oxygen atoms in total. The number of piperidine rings is 1. The second-order valence-corrected chi connectivity index (χ2v) is 6.95. The molecular weight excluding hydrogens is 310 g/mol. The van der Waals surface area contributed by atoms with Gasteiger partial charge in [-0.15, -0.1) is 0 Å². The van der Waals surface area contributed by atoms with E-state index < -0.39 is 6.04 Å². The number of nitrogens with one attached hydrogen (secondary N) is 1. The average molecular weight is 337 g/mol. The number of hydrogen-bond acceptors (Lipinski definition) is 3. The number of nitrogens with two attached hydrogens (primary N) is 1. The molecule has 132 valence electrons. The molecule has 3 N–H and O–H groups in total. The molecule has 1 fully saturated rings. The van der Waals surface area contributed by atoms with Gasteiger partial charge in [-0.25, -0.2) is 0 Å². The lowest BCUT2D eigenvalue weighted by atomic mass is 10.00. The largest absolute Gasteiger partial charge is 0.368 e. The van der Waals surface area contributed by atoms with E-state index in [0.717, 1.165) is 38.0 Å². The van der Waals surface area contributed by atoms with Crippen molar-refractivity contribution in [2.75, 3.05) is 13.1 Å². The average Bonchev–Trinajstić information content (AvgIpc) is 2.61. The zero-order valence-corrected chi connectivity index (χ0v) is 14.8. The van der Waals surface area contributed by atoms with Crippen molar-refractivity contribution in [3.8, 4) is 0 Å². The molecule has 0 aromatic heterocycles. The van der Waals surface area contributed by atoms with Crippen molar-refractivity contribution in [3.05, 3.63) is 71.3 Å². The van der Waals surface area contributed by atoms with Gasteiger partial charge in [0.15, 0.2) is 0 Å². The standard InChI is InChI=1S/C21H27N3O/c1-16-6-5-7-17(14-16)15-24-12-10-19(11-13-24)23-20(21(22)25)18-8-3-2-4-9-18/h2-9,14,19-20,23H,10-13,15H2,1H3,(H2,22,25)/t20-/m1/s1. The van der Waals surface area contributed by atoms with Crippen LogP contribution in [-0.4, -0.2) is 29.9 Å². The van der Waals surface area contributed by atoms with Crippen LogP contribution in [0.15, 0.2) is 54.6 Å². The molecule has 1 aliphatic rings. The molecule has 4 heteroatoms. The SMILES string of the molecule is Cc1cccc(CN2CCC(N[C@@H](C(N)=O)c3ccccc3)CC2)c1. The van der Waals surface area contributed by atoms with Crippen LogP contribution >= 0.6 is 0 Å². The predicted molar refractivity (Wildman–Crippen MR) is 101 cm³/mol. The Morgan fingerprint density at radius 3 is 2.52 bits per heavy atom. The van der Waals surface area contributed by atoms with Gasteiger partial charge in [0.1, 0.15) is 6.04 Å². The Balaban J connectivity index is 1.54. The summed E-state index contributed by atoms with van der Waals surface area (Å²) in [7, 11) is 0. The maximum absolute atomic E-state index is 11.9. The Bertz CT molecular complexity index is 693. The topological polar surface area (TPSA) is 58.4 Å². The summed E-state index contributed by atoms with van der Waals surface area (Å²) < 4.78 is 0. The van der Waals surface area contributed by atoms with Gasteiger partial charge in [0.05, 0.1) is 0 Å². The fourth-order valence-corrected chi connectivity index (χ4v) is 3.55. The van der Waals surface area contributed by atoms with Crippen molar-refractivity contribution >= 4 is 5.91 Å². The number of rotatable bonds is 6. The van der Waals surface area contributed by atoms with Crippen LogP contribution in [0.2, 0.25) is 0 Å². The second kappa shape index (κ2) is 8.28. The Hall–Kier alpha value is -2.17. The van der Waals surface area contributed by atoms with E-state index in [1.54, 1.807) is 0 Å². The van der Waals surface area contributed by atoms with Gasteiger partial charge in [0.2, 0.25) is 5.91 Å². The fourth-order valence-electron chi connectivity index (χ4n) is 3.55. The lowest BCUT2D eigenvalue weighted by molar-refractivity contribution is -0.120. The highest BCUT2D eigenvalue weighted by Gasteiger charge is 2.25. The molecule has 1 atom stereocenters. The minimum absolute atomic E-state index is 0.312. The van der Waals surface area contributed by atoms with Crippen molar-refractivity contribution in [1.82, 2.24) is 10.2 Å². The molecule has 2 aromatic carbocycles. The third-order valence-corrected chi connectivity index (χ3v) is 4.90.